The van der Waals surface area contributed by atoms with Crippen LogP contribution in [0.3, 0.4) is 0 Å². The van der Waals surface area contributed by atoms with Crippen LogP contribution in [-0.4, -0.2) is 14.2 Å². The lowest BCUT2D eigenvalue weighted by Crippen LogP contribution is -2.25. The summed E-state index contributed by atoms with van der Waals surface area (Å²) < 4.78 is 6.69. The summed E-state index contributed by atoms with van der Waals surface area (Å²) in [5, 5.41) is 3.44. The average molecular weight is 314 g/mol. The second-order valence-corrected chi connectivity index (χ2v) is 5.54. The molecular formula is C15H24BrNO. The van der Waals surface area contributed by atoms with Crippen LogP contribution < -0.4 is 10.1 Å². The zero-order valence-electron chi connectivity index (χ0n) is 12.0. The third kappa shape index (κ3) is 3.27. The summed E-state index contributed by atoms with van der Waals surface area (Å²) >= 11 is 3.62. The first-order valence-electron chi connectivity index (χ1n) is 6.60. The van der Waals surface area contributed by atoms with Gasteiger partial charge in [0, 0.05) is 16.1 Å². The molecule has 1 N–H and O–H groups in total. The molecule has 1 aromatic rings. The van der Waals surface area contributed by atoms with E-state index in [1.807, 2.05) is 7.05 Å². The van der Waals surface area contributed by atoms with Crippen molar-refractivity contribution in [2.45, 2.75) is 39.7 Å². The summed E-state index contributed by atoms with van der Waals surface area (Å²) in [6.45, 7) is 6.57. The number of hydrogen-bond acceptors (Lipinski definition) is 2. The number of ether oxygens (including phenoxy) is 1. The van der Waals surface area contributed by atoms with Crippen LogP contribution in [-0.2, 0) is 0 Å². The van der Waals surface area contributed by atoms with E-state index in [1.54, 1.807) is 7.11 Å². The Bertz CT molecular complexity index is 388. The van der Waals surface area contributed by atoms with Gasteiger partial charge >= 0.3 is 0 Å². The molecule has 0 saturated heterocycles. The number of nitrogens with one attached hydrogen (secondary N) is 1. The van der Waals surface area contributed by atoms with Gasteiger partial charge in [-0.3, -0.25) is 0 Å². The molecule has 18 heavy (non-hydrogen) atoms. The molecule has 1 unspecified atom stereocenters. The summed E-state index contributed by atoms with van der Waals surface area (Å²) in [6.07, 6.45) is 2.33. The maximum absolute atomic E-state index is 5.54. The predicted octanol–water partition coefficient (Wildman–Crippen LogP) is 4.46. The summed E-state index contributed by atoms with van der Waals surface area (Å²) in [4.78, 5) is 0. The summed E-state index contributed by atoms with van der Waals surface area (Å²) in [5.74, 6) is 1.60. The highest BCUT2D eigenvalue weighted by molar-refractivity contribution is 9.10. The molecule has 3 heteroatoms. The van der Waals surface area contributed by atoms with Crippen molar-refractivity contribution in [3.8, 4) is 5.75 Å². The van der Waals surface area contributed by atoms with Crippen LogP contribution in [0.25, 0.3) is 0 Å². The van der Waals surface area contributed by atoms with E-state index in [9.17, 15) is 0 Å². The Hall–Kier alpha value is -0.540. The van der Waals surface area contributed by atoms with E-state index in [4.69, 9.17) is 4.74 Å². The fourth-order valence-electron chi connectivity index (χ4n) is 2.50. The maximum Gasteiger partial charge on any atom is 0.123 e. The zero-order chi connectivity index (χ0) is 13.7. The first-order valence-corrected chi connectivity index (χ1v) is 7.39. The normalized spacial score (nSPS) is 12.8. The molecule has 1 aromatic carbocycles. The molecule has 0 fully saturated rings. The van der Waals surface area contributed by atoms with Gasteiger partial charge in [-0.15, -0.1) is 0 Å². The number of methoxy groups -OCH3 is 1. The summed E-state index contributed by atoms with van der Waals surface area (Å²) in [5.41, 5.74) is 2.45. The molecule has 0 radical (unpaired) electrons. The quantitative estimate of drug-likeness (QED) is 0.837. The second kappa shape index (κ2) is 7.15. The topological polar surface area (TPSA) is 21.3 Å². The van der Waals surface area contributed by atoms with Crippen molar-refractivity contribution in [2.24, 2.45) is 5.92 Å². The van der Waals surface area contributed by atoms with E-state index in [2.05, 4.69) is 54.2 Å². The first-order chi connectivity index (χ1) is 8.58. The van der Waals surface area contributed by atoms with Gasteiger partial charge in [-0.2, -0.15) is 0 Å². The number of rotatable bonds is 6. The lowest BCUT2D eigenvalue weighted by atomic mass is 9.88. The molecule has 0 saturated carbocycles. The van der Waals surface area contributed by atoms with Crippen molar-refractivity contribution in [1.82, 2.24) is 5.32 Å². The zero-order valence-corrected chi connectivity index (χ0v) is 13.6. The van der Waals surface area contributed by atoms with Crippen LogP contribution in [0.1, 0.15) is 43.9 Å². The van der Waals surface area contributed by atoms with Crippen molar-refractivity contribution in [2.75, 3.05) is 14.2 Å². The molecule has 0 aliphatic rings. The minimum Gasteiger partial charge on any atom is -0.496 e. The Morgan fingerprint density at radius 1 is 1.28 bits per heavy atom. The highest BCUT2D eigenvalue weighted by Gasteiger charge is 2.22. The Morgan fingerprint density at radius 3 is 2.33 bits per heavy atom. The Balaban J connectivity index is 3.23. The number of aryl methyl sites for hydroxylation is 1. The van der Waals surface area contributed by atoms with Gasteiger partial charge in [-0.1, -0.05) is 42.6 Å². The Kier molecular flexibility index (Phi) is 6.16. The maximum atomic E-state index is 5.54. The minimum absolute atomic E-state index is 0.340. The molecule has 1 atom stereocenters. The van der Waals surface area contributed by atoms with Crippen LogP contribution in [0.15, 0.2) is 16.6 Å². The SMILES string of the molecule is CCC(CC)C(NC)c1cc(Br)c(C)cc1OC. The third-order valence-corrected chi connectivity index (χ3v) is 4.53. The van der Waals surface area contributed by atoms with E-state index in [1.165, 1.54) is 11.1 Å². The molecule has 0 heterocycles. The van der Waals surface area contributed by atoms with Gasteiger partial charge in [0.05, 0.1) is 7.11 Å². The highest BCUT2D eigenvalue weighted by Crippen LogP contribution is 2.36. The average Bonchev–Trinajstić information content (AvgIpc) is 2.38. The lowest BCUT2D eigenvalue weighted by Gasteiger charge is -2.27. The van der Waals surface area contributed by atoms with Gasteiger partial charge in [0.2, 0.25) is 0 Å². The fraction of sp³-hybridized carbons (Fsp3) is 0.600. The van der Waals surface area contributed by atoms with E-state index >= 15 is 0 Å². The number of benzene rings is 1. The minimum atomic E-state index is 0.340. The Labute approximate surface area is 119 Å². The number of halogens is 1. The van der Waals surface area contributed by atoms with Crippen molar-refractivity contribution < 1.29 is 4.74 Å². The van der Waals surface area contributed by atoms with Gasteiger partial charge in [-0.25, -0.2) is 0 Å². The van der Waals surface area contributed by atoms with Crippen molar-refractivity contribution in [1.29, 1.82) is 0 Å². The molecule has 0 aliphatic carbocycles. The first kappa shape index (κ1) is 15.5. The molecule has 102 valence electrons. The van der Waals surface area contributed by atoms with E-state index in [0.717, 1.165) is 23.1 Å². The van der Waals surface area contributed by atoms with Gasteiger partial charge in [0.15, 0.2) is 0 Å². The van der Waals surface area contributed by atoms with Crippen molar-refractivity contribution >= 4 is 15.9 Å². The molecule has 0 bridgehead atoms. The van der Waals surface area contributed by atoms with Crippen LogP contribution in [0.5, 0.6) is 5.75 Å². The van der Waals surface area contributed by atoms with E-state index in [-0.39, 0.29) is 0 Å². The second-order valence-electron chi connectivity index (χ2n) is 4.69. The number of hydrogen-bond donors (Lipinski definition) is 1. The molecule has 0 amide bonds. The van der Waals surface area contributed by atoms with E-state index < -0.39 is 0 Å². The molecule has 0 spiro atoms. The predicted molar refractivity (Wildman–Crippen MR) is 81.3 cm³/mol. The monoisotopic (exact) mass is 313 g/mol. The standard InChI is InChI=1S/C15H24BrNO/c1-6-11(7-2)15(17-4)12-9-13(16)10(3)8-14(12)18-5/h8-9,11,15,17H,6-7H2,1-5H3. The summed E-state index contributed by atoms with van der Waals surface area (Å²) in [6, 6.07) is 4.63. The molecule has 1 rings (SSSR count). The molecular weight excluding hydrogens is 290 g/mol. The van der Waals surface area contributed by atoms with Gasteiger partial charge < -0.3 is 10.1 Å². The van der Waals surface area contributed by atoms with Crippen molar-refractivity contribution in [3.63, 3.8) is 0 Å². The van der Waals surface area contributed by atoms with Crippen LogP contribution >= 0.6 is 15.9 Å². The molecule has 0 aromatic heterocycles. The molecule has 0 aliphatic heterocycles. The third-order valence-electron chi connectivity index (χ3n) is 3.68. The van der Waals surface area contributed by atoms with Gasteiger partial charge in [-0.05, 0) is 37.6 Å². The van der Waals surface area contributed by atoms with Crippen LogP contribution in [0.2, 0.25) is 0 Å². The van der Waals surface area contributed by atoms with Crippen LogP contribution in [0.4, 0.5) is 0 Å². The largest absolute Gasteiger partial charge is 0.496 e. The van der Waals surface area contributed by atoms with Gasteiger partial charge in [0.25, 0.3) is 0 Å². The lowest BCUT2D eigenvalue weighted by molar-refractivity contribution is 0.339. The van der Waals surface area contributed by atoms with Crippen molar-refractivity contribution in [3.05, 3.63) is 27.7 Å². The highest BCUT2D eigenvalue weighted by atomic mass is 79.9. The smallest absolute Gasteiger partial charge is 0.123 e. The van der Waals surface area contributed by atoms with Crippen LogP contribution in [0, 0.1) is 12.8 Å². The Morgan fingerprint density at radius 2 is 1.89 bits per heavy atom. The van der Waals surface area contributed by atoms with Gasteiger partial charge in [0.1, 0.15) is 5.75 Å². The molecule has 2 nitrogen and oxygen atoms in total. The summed E-state index contributed by atoms with van der Waals surface area (Å²) in [7, 11) is 3.77. The fourth-order valence-corrected chi connectivity index (χ4v) is 2.86. The van der Waals surface area contributed by atoms with E-state index in [0.29, 0.717) is 12.0 Å².